The standard InChI is InChI=1S/C28H35N3O5.C19H24FN3O.C2H6/c1-13(2)15-7-8-18(30(3)4)16-11-14-12-17-22(31(5)6)24(33)21(27(29)35)25(34)28(17)9-10-36-26(28)19(14)23(32)20(15)16;1-12(2)15-11-23(13-3-4-13)17-10-18(22-7-5-21-6-8-22)16(20)9-14(17)19(15)24;1-2/h7-10,13-14,17,22,25,33-34H,11-12H2,1-6H3,(H2,29,35);9-13,21H,3-8H2,1-2H3;1-2H3. The molecule has 5 atom stereocenters. The molecule has 1 spiro atoms. The molecule has 5 unspecified atom stereocenters. The number of aliphatic hydroxyl groups excluding tert-OH is 2. The van der Waals surface area contributed by atoms with Gasteiger partial charge in [-0.25, -0.2) is 4.39 Å². The molecule has 12 nitrogen and oxygen atoms in total. The number of rotatable bonds is 7. The first kappa shape index (κ1) is 45.1. The number of Topliss-reactive ketones (excluding diaryl/α,β-unsaturated/α-hetero) is 1. The van der Waals surface area contributed by atoms with Gasteiger partial charge in [-0.15, -0.1) is 0 Å². The summed E-state index contributed by atoms with van der Waals surface area (Å²) in [5, 5.41) is 26.5. The van der Waals surface area contributed by atoms with Gasteiger partial charge >= 0.3 is 0 Å². The Balaban J connectivity index is 0.000000193. The van der Waals surface area contributed by atoms with E-state index in [2.05, 4.69) is 34.7 Å². The van der Waals surface area contributed by atoms with Crippen LogP contribution in [0.5, 0.6) is 0 Å². The van der Waals surface area contributed by atoms with Crippen molar-refractivity contribution in [2.24, 2.45) is 23.0 Å². The molecule has 0 radical (unpaired) electrons. The van der Waals surface area contributed by atoms with Crippen molar-refractivity contribution < 1.29 is 28.9 Å². The van der Waals surface area contributed by atoms with Gasteiger partial charge in [0.15, 0.2) is 11.2 Å². The van der Waals surface area contributed by atoms with E-state index in [9.17, 15) is 29.0 Å². The highest BCUT2D eigenvalue weighted by molar-refractivity contribution is 6.14. The third kappa shape index (κ3) is 7.33. The van der Waals surface area contributed by atoms with Gasteiger partial charge in [0.05, 0.1) is 34.5 Å². The third-order valence-corrected chi connectivity index (χ3v) is 13.7. The number of amides is 1. The highest BCUT2D eigenvalue weighted by atomic mass is 19.1. The minimum atomic E-state index is -1.43. The van der Waals surface area contributed by atoms with E-state index >= 15 is 0 Å². The van der Waals surface area contributed by atoms with E-state index in [1.54, 1.807) is 6.08 Å². The van der Waals surface area contributed by atoms with E-state index < -0.39 is 23.5 Å². The number of nitrogens with zero attached hydrogens (tertiary/aromatic N) is 4. The summed E-state index contributed by atoms with van der Waals surface area (Å²) in [5.41, 5.74) is 10.8. The average Bonchev–Trinajstić information content (AvgIpc) is 3.98. The van der Waals surface area contributed by atoms with Crippen molar-refractivity contribution in [1.82, 2.24) is 14.8 Å². The van der Waals surface area contributed by atoms with Crippen molar-refractivity contribution in [3.63, 3.8) is 0 Å². The fraction of sp³-hybridized carbons (Fsp3) is 0.531. The van der Waals surface area contributed by atoms with Crippen molar-refractivity contribution in [2.45, 2.75) is 97.2 Å². The van der Waals surface area contributed by atoms with E-state index in [0.29, 0.717) is 46.9 Å². The van der Waals surface area contributed by atoms with Gasteiger partial charge in [0.25, 0.3) is 5.91 Å². The van der Waals surface area contributed by atoms with Crippen molar-refractivity contribution in [1.29, 1.82) is 0 Å². The largest absolute Gasteiger partial charge is 0.510 e. The van der Waals surface area contributed by atoms with Gasteiger partial charge in [-0.1, -0.05) is 47.6 Å². The van der Waals surface area contributed by atoms with Gasteiger partial charge in [0.2, 0.25) is 0 Å². The summed E-state index contributed by atoms with van der Waals surface area (Å²) >= 11 is 0. The van der Waals surface area contributed by atoms with E-state index in [-0.39, 0.29) is 52.0 Å². The van der Waals surface area contributed by atoms with Crippen molar-refractivity contribution in [2.75, 3.05) is 64.2 Å². The Labute approximate surface area is 364 Å². The lowest BCUT2D eigenvalue weighted by atomic mass is 9.53. The Morgan fingerprint density at radius 3 is 2.26 bits per heavy atom. The second-order valence-corrected chi connectivity index (χ2v) is 18.5. The molecule has 1 amide bonds. The van der Waals surface area contributed by atoms with Crippen molar-refractivity contribution in [3.8, 4) is 0 Å². The van der Waals surface area contributed by atoms with Gasteiger partial charge in [0, 0.05) is 86.2 Å². The van der Waals surface area contributed by atoms with Crippen LogP contribution in [0.1, 0.15) is 106 Å². The maximum Gasteiger partial charge on any atom is 0.250 e. The number of hydrogen-bond acceptors (Lipinski definition) is 10. The minimum absolute atomic E-state index is 0.0253. The topological polar surface area (TPSA) is 154 Å². The van der Waals surface area contributed by atoms with E-state index in [4.69, 9.17) is 10.5 Å². The SMILES string of the molecule is CC.CC(C)c1ccc(N(C)C)c2c1C(=O)C1=C3OC=CC34C(O)C(C(N)=O)=C(O)C(N(C)C)C4CC1C2.CC(C)c1cn(C2CC2)c2cc(N3CCNCC3)c(F)cc2c1=O. The number of aromatic nitrogens is 1. The van der Waals surface area contributed by atoms with Crippen LogP contribution < -0.4 is 26.3 Å². The number of primary amides is 1. The normalized spacial score (nSPS) is 25.1. The Morgan fingerprint density at radius 1 is 1.02 bits per heavy atom. The minimum Gasteiger partial charge on any atom is -0.510 e. The summed E-state index contributed by atoms with van der Waals surface area (Å²) < 4.78 is 23.0. The summed E-state index contributed by atoms with van der Waals surface area (Å²) in [4.78, 5) is 45.5. The lowest BCUT2D eigenvalue weighted by molar-refractivity contribution is -0.118. The molecule has 9 rings (SSSR count). The Hall–Kier alpha value is -4.98. The first-order valence-electron chi connectivity index (χ1n) is 22.4. The lowest BCUT2D eigenvalue weighted by Crippen LogP contribution is -2.60. The van der Waals surface area contributed by atoms with Crippen LogP contribution in [0.25, 0.3) is 10.9 Å². The van der Waals surface area contributed by atoms with Crippen LogP contribution in [0.15, 0.2) is 70.3 Å². The van der Waals surface area contributed by atoms with Crippen LogP contribution in [-0.2, 0) is 16.0 Å². The summed E-state index contributed by atoms with van der Waals surface area (Å²) in [5.74, 6) is -1.29. The molecule has 5 N–H and O–H groups in total. The highest BCUT2D eigenvalue weighted by Gasteiger charge is 2.64. The molecular formula is C49H65FN6O6. The first-order valence-corrected chi connectivity index (χ1v) is 22.4. The number of carbonyl (C=O) groups excluding carboxylic acids is 2. The molecule has 62 heavy (non-hydrogen) atoms. The zero-order chi connectivity index (χ0) is 45.1. The molecule has 1 saturated heterocycles. The quantitative estimate of drug-likeness (QED) is 0.203. The molecule has 2 aliphatic heterocycles. The Morgan fingerprint density at radius 2 is 1.68 bits per heavy atom. The zero-order valence-electron chi connectivity index (χ0n) is 38.0. The van der Waals surface area contributed by atoms with Gasteiger partial charge in [-0.3, -0.25) is 19.3 Å². The van der Waals surface area contributed by atoms with Crippen LogP contribution >= 0.6 is 0 Å². The number of ketones is 1. The predicted molar refractivity (Wildman–Crippen MR) is 243 cm³/mol. The number of hydrogen-bond donors (Lipinski definition) is 4. The van der Waals surface area contributed by atoms with E-state index in [0.717, 1.165) is 66.9 Å². The number of halogens is 1. The molecule has 3 aromatic rings. The molecule has 3 heterocycles. The molecule has 334 valence electrons. The maximum atomic E-state index is 14.8. The average molecular weight is 853 g/mol. The number of benzene rings is 2. The fourth-order valence-electron chi connectivity index (χ4n) is 10.7. The molecule has 13 heteroatoms. The predicted octanol–water partition coefficient (Wildman–Crippen LogP) is 6.67. The molecule has 2 fully saturated rings. The number of allylic oxidation sites excluding steroid dienone is 1. The summed E-state index contributed by atoms with van der Waals surface area (Å²) in [6.07, 6.45) is 7.27. The number of fused-ring (bicyclic) bond motifs is 3. The molecule has 6 aliphatic rings. The van der Waals surface area contributed by atoms with E-state index in [1.807, 2.05) is 84.0 Å². The van der Waals surface area contributed by atoms with Crippen molar-refractivity contribution >= 4 is 34.0 Å². The number of aliphatic hydroxyl groups is 2. The Kier molecular flexibility index (Phi) is 12.6. The number of carbonyl (C=O) groups is 2. The summed E-state index contributed by atoms with van der Waals surface area (Å²) in [7, 11) is 7.60. The molecule has 2 aromatic carbocycles. The fourth-order valence-corrected chi connectivity index (χ4v) is 10.7. The number of nitrogens with one attached hydrogen (secondary N) is 1. The molecular weight excluding hydrogens is 788 g/mol. The van der Waals surface area contributed by atoms with Crippen LogP contribution in [0.3, 0.4) is 0 Å². The second kappa shape index (κ2) is 17.3. The number of piperazine rings is 1. The van der Waals surface area contributed by atoms with Gasteiger partial charge in [-0.05, 0) is 92.9 Å². The smallest absolute Gasteiger partial charge is 0.250 e. The number of likely N-dealkylation sites (N-methyl/N-ethyl adjacent to an activating group) is 1. The molecule has 1 aromatic heterocycles. The number of nitrogens with two attached hydrogens (primary N) is 1. The Bertz CT molecular complexity index is 2420. The number of ether oxygens (including phenoxy) is 1. The van der Waals surface area contributed by atoms with Gasteiger partial charge in [0.1, 0.15) is 23.4 Å². The van der Waals surface area contributed by atoms with Gasteiger partial charge in [-0.2, -0.15) is 0 Å². The third-order valence-electron chi connectivity index (χ3n) is 13.7. The lowest BCUT2D eigenvalue weighted by Gasteiger charge is -2.53. The highest BCUT2D eigenvalue weighted by Crippen LogP contribution is 2.61. The molecule has 0 bridgehead atoms. The number of pyridine rings is 1. The maximum absolute atomic E-state index is 14.8. The summed E-state index contributed by atoms with van der Waals surface area (Å²) in [6.45, 7) is 15.5. The monoisotopic (exact) mass is 852 g/mol. The van der Waals surface area contributed by atoms with Crippen LogP contribution in [0.2, 0.25) is 0 Å². The second-order valence-electron chi connectivity index (χ2n) is 18.5. The molecule has 1 saturated carbocycles. The molecule has 4 aliphatic carbocycles. The van der Waals surface area contributed by atoms with Gasteiger partial charge < -0.3 is 40.4 Å². The zero-order valence-corrected chi connectivity index (χ0v) is 38.0. The van der Waals surface area contributed by atoms with Crippen LogP contribution in [0, 0.1) is 23.1 Å². The van der Waals surface area contributed by atoms with Crippen molar-refractivity contribution in [3.05, 3.63) is 104 Å². The summed E-state index contributed by atoms with van der Waals surface area (Å²) in [6, 6.07) is 7.33. The van der Waals surface area contributed by atoms with Crippen LogP contribution in [-0.4, -0.2) is 97.9 Å². The first-order chi connectivity index (χ1) is 29.5. The van der Waals surface area contributed by atoms with E-state index in [1.165, 1.54) is 12.3 Å². The number of anilines is 2. The van der Waals surface area contributed by atoms with Crippen LogP contribution in [0.4, 0.5) is 15.8 Å².